The molecule has 0 saturated carbocycles. The van der Waals surface area contributed by atoms with Gasteiger partial charge in [0.15, 0.2) is 0 Å². The maximum atomic E-state index is 11.0. The molecule has 4 N–H and O–H groups in total. The van der Waals surface area contributed by atoms with Gasteiger partial charge in [0.2, 0.25) is 5.91 Å². The third-order valence-electron chi connectivity index (χ3n) is 2.81. The average Bonchev–Trinajstić information content (AvgIpc) is 2.29. The zero-order chi connectivity index (χ0) is 12.9. The fourth-order valence-corrected chi connectivity index (χ4v) is 1.44. The van der Waals surface area contributed by atoms with Gasteiger partial charge in [-0.1, -0.05) is 19.1 Å². The number of nitrogens with two attached hydrogens (primary N) is 1. The number of carbonyl (C=O) groups excluding carboxylic acids is 1. The second kappa shape index (κ2) is 5.80. The van der Waals surface area contributed by atoms with E-state index in [-0.39, 0.29) is 0 Å². The van der Waals surface area contributed by atoms with Gasteiger partial charge in [-0.05, 0) is 31.0 Å². The molecule has 0 aliphatic heterocycles. The Balaban J connectivity index is 2.52. The van der Waals surface area contributed by atoms with E-state index in [1.807, 2.05) is 13.0 Å². The fraction of sp³-hybridized carbons (Fsp3) is 0.462. The summed E-state index contributed by atoms with van der Waals surface area (Å²) in [5.74, 6) is -0.424. The van der Waals surface area contributed by atoms with Crippen LogP contribution in [0.15, 0.2) is 24.3 Å². The molecule has 0 heterocycles. The summed E-state index contributed by atoms with van der Waals surface area (Å²) in [5.41, 5.74) is 6.00. The van der Waals surface area contributed by atoms with Crippen molar-refractivity contribution in [1.82, 2.24) is 5.32 Å². The number of hydrogen-bond donors (Lipinski definition) is 3. The highest BCUT2D eigenvalue weighted by atomic mass is 16.3. The van der Waals surface area contributed by atoms with Crippen molar-refractivity contribution in [3.8, 4) is 0 Å². The summed E-state index contributed by atoms with van der Waals surface area (Å²) in [6.07, 6.45) is 0.696. The van der Waals surface area contributed by atoms with Crippen LogP contribution in [-0.2, 0) is 6.54 Å². The van der Waals surface area contributed by atoms with Crippen molar-refractivity contribution in [3.05, 3.63) is 35.4 Å². The minimum atomic E-state index is -0.693. The van der Waals surface area contributed by atoms with Crippen LogP contribution in [-0.4, -0.2) is 23.2 Å². The highest BCUT2D eigenvalue weighted by molar-refractivity contribution is 5.92. The Morgan fingerprint density at radius 1 is 1.53 bits per heavy atom. The molecule has 1 amide bonds. The summed E-state index contributed by atoms with van der Waals surface area (Å²) in [6, 6.07) is 7.17. The zero-order valence-corrected chi connectivity index (χ0v) is 10.4. The first kappa shape index (κ1) is 13.7. The van der Waals surface area contributed by atoms with Crippen molar-refractivity contribution >= 4 is 5.91 Å². The van der Waals surface area contributed by atoms with E-state index in [0.29, 0.717) is 25.1 Å². The van der Waals surface area contributed by atoms with Gasteiger partial charge in [0.25, 0.3) is 0 Å². The van der Waals surface area contributed by atoms with E-state index in [4.69, 9.17) is 5.73 Å². The second-order valence-corrected chi connectivity index (χ2v) is 4.52. The van der Waals surface area contributed by atoms with E-state index in [0.717, 1.165) is 5.56 Å². The molecule has 1 atom stereocenters. The SMILES string of the molecule is CCC(C)(O)CNCc1cccc(C(N)=O)c1. The van der Waals surface area contributed by atoms with Gasteiger partial charge < -0.3 is 16.2 Å². The van der Waals surface area contributed by atoms with Crippen LogP contribution in [0.4, 0.5) is 0 Å². The van der Waals surface area contributed by atoms with Crippen molar-refractivity contribution < 1.29 is 9.90 Å². The highest BCUT2D eigenvalue weighted by Gasteiger charge is 2.16. The molecule has 0 fully saturated rings. The lowest BCUT2D eigenvalue weighted by molar-refractivity contribution is 0.0555. The zero-order valence-electron chi connectivity index (χ0n) is 10.4. The molecule has 4 heteroatoms. The molecule has 0 aliphatic carbocycles. The monoisotopic (exact) mass is 236 g/mol. The lowest BCUT2D eigenvalue weighted by Gasteiger charge is -2.21. The third kappa shape index (κ3) is 4.54. The van der Waals surface area contributed by atoms with Crippen molar-refractivity contribution in [3.63, 3.8) is 0 Å². The quantitative estimate of drug-likeness (QED) is 0.690. The predicted octanol–water partition coefficient (Wildman–Crippen LogP) is 1.04. The molecular weight excluding hydrogens is 216 g/mol. The summed E-state index contributed by atoms with van der Waals surface area (Å²) in [4.78, 5) is 11.0. The van der Waals surface area contributed by atoms with E-state index in [1.54, 1.807) is 25.1 Å². The first-order chi connectivity index (χ1) is 7.94. The number of hydrogen-bond acceptors (Lipinski definition) is 3. The molecule has 0 spiro atoms. The number of benzene rings is 1. The first-order valence-electron chi connectivity index (χ1n) is 5.76. The molecule has 0 radical (unpaired) electrons. The molecule has 0 bridgehead atoms. The van der Waals surface area contributed by atoms with Crippen LogP contribution in [0.25, 0.3) is 0 Å². The lowest BCUT2D eigenvalue weighted by atomic mass is 10.0. The first-order valence-corrected chi connectivity index (χ1v) is 5.76. The Bertz CT molecular complexity index is 389. The smallest absolute Gasteiger partial charge is 0.248 e. The number of carbonyl (C=O) groups is 1. The summed E-state index contributed by atoms with van der Waals surface area (Å²) in [7, 11) is 0. The molecular formula is C13H20N2O2. The van der Waals surface area contributed by atoms with E-state index in [1.165, 1.54) is 0 Å². The normalized spacial score (nSPS) is 14.3. The van der Waals surface area contributed by atoms with Gasteiger partial charge in [-0.15, -0.1) is 0 Å². The minimum Gasteiger partial charge on any atom is -0.389 e. The van der Waals surface area contributed by atoms with Gasteiger partial charge in [0.1, 0.15) is 0 Å². The van der Waals surface area contributed by atoms with Gasteiger partial charge in [0.05, 0.1) is 5.60 Å². The standard InChI is InChI=1S/C13H20N2O2/c1-3-13(2,17)9-15-8-10-5-4-6-11(7-10)12(14)16/h4-7,15,17H,3,8-9H2,1-2H3,(H2,14,16). The van der Waals surface area contributed by atoms with Gasteiger partial charge >= 0.3 is 0 Å². The Hall–Kier alpha value is -1.39. The number of nitrogens with one attached hydrogen (secondary N) is 1. The molecule has 94 valence electrons. The van der Waals surface area contributed by atoms with Crippen LogP contribution < -0.4 is 11.1 Å². The number of amides is 1. The molecule has 1 unspecified atom stereocenters. The van der Waals surface area contributed by atoms with E-state index in [2.05, 4.69) is 5.32 Å². The highest BCUT2D eigenvalue weighted by Crippen LogP contribution is 2.08. The molecule has 4 nitrogen and oxygen atoms in total. The molecule has 1 rings (SSSR count). The minimum absolute atomic E-state index is 0.424. The molecule has 0 saturated heterocycles. The Morgan fingerprint density at radius 2 is 2.24 bits per heavy atom. The molecule has 1 aromatic rings. The van der Waals surface area contributed by atoms with Gasteiger partial charge in [-0.25, -0.2) is 0 Å². The van der Waals surface area contributed by atoms with Gasteiger partial charge in [-0.3, -0.25) is 4.79 Å². The maximum Gasteiger partial charge on any atom is 0.248 e. The van der Waals surface area contributed by atoms with Crippen LogP contribution in [0.3, 0.4) is 0 Å². The van der Waals surface area contributed by atoms with Gasteiger partial charge in [0, 0.05) is 18.7 Å². The summed E-state index contributed by atoms with van der Waals surface area (Å²) < 4.78 is 0. The van der Waals surface area contributed by atoms with Crippen molar-refractivity contribution in [1.29, 1.82) is 0 Å². The molecule has 0 aliphatic rings. The summed E-state index contributed by atoms with van der Waals surface area (Å²) in [6.45, 7) is 4.86. The number of rotatable bonds is 6. The van der Waals surface area contributed by atoms with E-state index in [9.17, 15) is 9.90 Å². The second-order valence-electron chi connectivity index (χ2n) is 4.52. The Kier molecular flexibility index (Phi) is 4.66. The van der Waals surface area contributed by atoms with Gasteiger partial charge in [-0.2, -0.15) is 0 Å². The maximum absolute atomic E-state index is 11.0. The van der Waals surface area contributed by atoms with Crippen LogP contribution >= 0.6 is 0 Å². The Labute approximate surface area is 102 Å². The molecule has 17 heavy (non-hydrogen) atoms. The topological polar surface area (TPSA) is 75.3 Å². The van der Waals surface area contributed by atoms with Crippen LogP contribution in [0.5, 0.6) is 0 Å². The van der Waals surface area contributed by atoms with Crippen molar-refractivity contribution in [2.45, 2.75) is 32.4 Å². The summed E-state index contributed by atoms with van der Waals surface area (Å²) in [5, 5.41) is 13.0. The predicted molar refractivity (Wildman–Crippen MR) is 67.6 cm³/mol. The fourth-order valence-electron chi connectivity index (χ4n) is 1.44. The van der Waals surface area contributed by atoms with Crippen LogP contribution in [0.2, 0.25) is 0 Å². The third-order valence-corrected chi connectivity index (χ3v) is 2.81. The number of primary amides is 1. The van der Waals surface area contributed by atoms with E-state index < -0.39 is 11.5 Å². The van der Waals surface area contributed by atoms with Crippen molar-refractivity contribution in [2.75, 3.05) is 6.54 Å². The summed E-state index contributed by atoms with van der Waals surface area (Å²) >= 11 is 0. The largest absolute Gasteiger partial charge is 0.389 e. The van der Waals surface area contributed by atoms with Crippen LogP contribution in [0.1, 0.15) is 36.2 Å². The lowest BCUT2D eigenvalue weighted by Crippen LogP contribution is -2.36. The van der Waals surface area contributed by atoms with E-state index >= 15 is 0 Å². The van der Waals surface area contributed by atoms with Crippen LogP contribution in [0, 0.1) is 0 Å². The molecule has 1 aromatic carbocycles. The van der Waals surface area contributed by atoms with Crippen molar-refractivity contribution in [2.24, 2.45) is 5.73 Å². The number of aliphatic hydroxyl groups is 1. The average molecular weight is 236 g/mol. The Morgan fingerprint density at radius 3 is 2.82 bits per heavy atom. The molecule has 0 aromatic heterocycles.